The van der Waals surface area contributed by atoms with Crippen LogP contribution in [0.25, 0.3) is 0 Å². The van der Waals surface area contributed by atoms with Gasteiger partial charge in [-0.1, -0.05) is 42.5 Å². The zero-order valence-electron chi connectivity index (χ0n) is 30.8. The van der Waals surface area contributed by atoms with E-state index in [0.29, 0.717) is 30.2 Å². The van der Waals surface area contributed by atoms with Crippen molar-refractivity contribution < 1.29 is 33.4 Å². The third kappa shape index (κ3) is 8.85. The largest absolute Gasteiger partial charge is 0.497 e. The molecular formula is C40H46N6O7. The number of likely N-dealkylation sites (tertiary alicyclic amines) is 2. The van der Waals surface area contributed by atoms with Gasteiger partial charge in [0.2, 0.25) is 5.91 Å². The summed E-state index contributed by atoms with van der Waals surface area (Å²) in [7, 11) is 3.43. The first-order valence-corrected chi connectivity index (χ1v) is 17.8. The first kappa shape index (κ1) is 37.1. The van der Waals surface area contributed by atoms with E-state index in [1.54, 1.807) is 62.0 Å². The molecule has 0 spiro atoms. The summed E-state index contributed by atoms with van der Waals surface area (Å²) in [6.45, 7) is 6.40. The minimum absolute atomic E-state index is 0.00151. The van der Waals surface area contributed by atoms with Crippen molar-refractivity contribution in [2.24, 2.45) is 13.0 Å². The van der Waals surface area contributed by atoms with Gasteiger partial charge in [0.1, 0.15) is 23.8 Å². The van der Waals surface area contributed by atoms with E-state index in [2.05, 4.69) is 10.1 Å². The van der Waals surface area contributed by atoms with Gasteiger partial charge in [-0.3, -0.25) is 14.4 Å². The van der Waals surface area contributed by atoms with E-state index in [1.165, 1.54) is 4.90 Å². The van der Waals surface area contributed by atoms with Crippen LogP contribution in [0.1, 0.15) is 61.8 Å². The Labute approximate surface area is 309 Å². The predicted octanol–water partition coefficient (Wildman–Crippen LogP) is 5.88. The molecule has 0 aliphatic carbocycles. The van der Waals surface area contributed by atoms with Gasteiger partial charge in [-0.2, -0.15) is 5.10 Å². The van der Waals surface area contributed by atoms with Crippen molar-refractivity contribution in [3.63, 3.8) is 0 Å². The van der Waals surface area contributed by atoms with Gasteiger partial charge in [0.05, 0.1) is 25.8 Å². The molecule has 4 heterocycles. The van der Waals surface area contributed by atoms with Gasteiger partial charge < -0.3 is 19.1 Å². The summed E-state index contributed by atoms with van der Waals surface area (Å²) in [6, 6.07) is 18.4. The van der Waals surface area contributed by atoms with Crippen molar-refractivity contribution in [3.8, 4) is 5.75 Å². The molecule has 13 heteroatoms. The lowest BCUT2D eigenvalue weighted by molar-refractivity contribution is -0.171. The molecule has 1 unspecified atom stereocenters. The Bertz CT molecular complexity index is 1920. The van der Waals surface area contributed by atoms with Crippen LogP contribution >= 0.6 is 0 Å². The van der Waals surface area contributed by atoms with Crippen LogP contribution in [0.3, 0.4) is 0 Å². The maximum absolute atomic E-state index is 14.0. The molecule has 4 aromatic rings. The Morgan fingerprint density at radius 3 is 2.42 bits per heavy atom. The van der Waals surface area contributed by atoms with E-state index >= 15 is 0 Å². The fraction of sp³-hybridized carbons (Fsp3) is 0.400. The van der Waals surface area contributed by atoms with E-state index < -0.39 is 41.6 Å². The molecule has 2 aromatic heterocycles. The second kappa shape index (κ2) is 15.9. The van der Waals surface area contributed by atoms with Crippen molar-refractivity contribution in [2.45, 2.75) is 70.7 Å². The number of β-lactam (4-membered cyclic amide) rings is 1. The maximum Gasteiger partial charge on any atom is 0.416 e. The Hall–Kier alpha value is -5.72. The standard InChI is InChI=1S/C40H46N6O7/c1-40(2,3)53-39(50)45(23-27-13-15-32(51-5)16-14-27)34-21-29(17-18-41-34)20-33-35(37(48)52-26-28-10-7-6-8-11-28)46(36(33)47)38(49)44-19-9-12-30(25-44)31-22-42-43(4)24-31/h6-8,10-11,13-18,21-22,24,30,33,35H,9,12,19-20,23,25-26H2,1-5H3/t30?,33-,35+/m1/s1. The quantitative estimate of drug-likeness (QED) is 0.145. The van der Waals surface area contributed by atoms with E-state index in [-0.39, 0.29) is 25.5 Å². The molecule has 13 nitrogen and oxygen atoms in total. The molecular weight excluding hydrogens is 676 g/mol. The third-order valence-electron chi connectivity index (χ3n) is 9.43. The molecule has 2 saturated heterocycles. The number of anilines is 1. The fourth-order valence-corrected chi connectivity index (χ4v) is 6.73. The van der Waals surface area contributed by atoms with E-state index in [0.717, 1.165) is 34.4 Å². The number of imide groups is 1. The van der Waals surface area contributed by atoms with Crippen LogP contribution in [0, 0.1) is 5.92 Å². The monoisotopic (exact) mass is 722 g/mol. The van der Waals surface area contributed by atoms with Gasteiger partial charge in [-0.25, -0.2) is 24.3 Å². The molecule has 2 fully saturated rings. The first-order valence-electron chi connectivity index (χ1n) is 17.8. The summed E-state index contributed by atoms with van der Waals surface area (Å²) >= 11 is 0. The minimum Gasteiger partial charge on any atom is -0.497 e. The zero-order chi connectivity index (χ0) is 37.7. The second-order valence-electron chi connectivity index (χ2n) is 14.5. The number of piperidine rings is 1. The second-order valence-corrected chi connectivity index (χ2v) is 14.5. The fourth-order valence-electron chi connectivity index (χ4n) is 6.73. The van der Waals surface area contributed by atoms with Crippen molar-refractivity contribution in [1.29, 1.82) is 0 Å². The van der Waals surface area contributed by atoms with Crippen LogP contribution in [0.15, 0.2) is 85.3 Å². The Kier molecular flexibility index (Phi) is 11.1. The number of benzene rings is 2. The Morgan fingerprint density at radius 2 is 1.74 bits per heavy atom. The molecule has 2 aliphatic rings. The third-order valence-corrected chi connectivity index (χ3v) is 9.43. The number of amides is 4. The lowest BCUT2D eigenvalue weighted by Crippen LogP contribution is -2.69. The van der Waals surface area contributed by atoms with Crippen LogP contribution in [0.5, 0.6) is 5.75 Å². The topological polar surface area (TPSA) is 136 Å². The highest BCUT2D eigenvalue weighted by Gasteiger charge is 2.56. The molecule has 4 amide bonds. The molecule has 3 atom stereocenters. The van der Waals surface area contributed by atoms with Gasteiger partial charge in [0.15, 0.2) is 6.04 Å². The van der Waals surface area contributed by atoms with Crippen LogP contribution in [0.2, 0.25) is 0 Å². The average molecular weight is 723 g/mol. The Morgan fingerprint density at radius 1 is 0.981 bits per heavy atom. The van der Waals surface area contributed by atoms with E-state index in [4.69, 9.17) is 14.2 Å². The molecule has 53 heavy (non-hydrogen) atoms. The number of aryl methyl sites for hydroxylation is 1. The number of carbonyl (C=O) groups is 4. The van der Waals surface area contributed by atoms with Crippen molar-refractivity contribution in [2.75, 3.05) is 25.1 Å². The molecule has 2 aromatic carbocycles. The van der Waals surface area contributed by atoms with Crippen molar-refractivity contribution in [1.82, 2.24) is 24.6 Å². The van der Waals surface area contributed by atoms with Crippen molar-refractivity contribution in [3.05, 3.63) is 108 Å². The number of hydrogen-bond donors (Lipinski definition) is 0. The van der Waals surface area contributed by atoms with Crippen LogP contribution in [0.4, 0.5) is 15.4 Å². The van der Waals surface area contributed by atoms with Gasteiger partial charge in [-0.15, -0.1) is 0 Å². The normalized spacial score (nSPS) is 18.6. The number of nitrogens with zero attached hydrogens (tertiary/aromatic N) is 6. The number of urea groups is 1. The highest BCUT2D eigenvalue weighted by Crippen LogP contribution is 2.35. The molecule has 0 saturated carbocycles. The van der Waals surface area contributed by atoms with Gasteiger partial charge in [-0.05, 0) is 86.6 Å². The lowest BCUT2D eigenvalue weighted by atomic mass is 9.82. The highest BCUT2D eigenvalue weighted by molar-refractivity contribution is 6.08. The molecule has 0 bridgehead atoms. The highest BCUT2D eigenvalue weighted by atomic mass is 16.6. The number of hydrogen-bond acceptors (Lipinski definition) is 9. The first-order chi connectivity index (χ1) is 25.4. The number of methoxy groups -OCH3 is 1. The number of rotatable bonds is 10. The van der Waals surface area contributed by atoms with Gasteiger partial charge in [0, 0.05) is 38.4 Å². The summed E-state index contributed by atoms with van der Waals surface area (Å²) in [4.78, 5) is 63.9. The average Bonchev–Trinajstić information content (AvgIpc) is 3.60. The molecule has 2 aliphatic heterocycles. The lowest BCUT2D eigenvalue weighted by Gasteiger charge is -2.46. The van der Waals surface area contributed by atoms with Gasteiger partial charge in [0.25, 0.3) is 0 Å². The molecule has 0 N–H and O–H groups in total. The van der Waals surface area contributed by atoms with Crippen LogP contribution in [-0.4, -0.2) is 80.4 Å². The van der Waals surface area contributed by atoms with E-state index in [9.17, 15) is 19.2 Å². The number of aromatic nitrogens is 3. The molecule has 278 valence electrons. The summed E-state index contributed by atoms with van der Waals surface area (Å²) in [6.07, 6.45) is 6.46. The summed E-state index contributed by atoms with van der Waals surface area (Å²) in [5.41, 5.74) is 2.52. The van der Waals surface area contributed by atoms with Gasteiger partial charge >= 0.3 is 18.1 Å². The number of pyridine rings is 1. The predicted molar refractivity (Wildman–Crippen MR) is 196 cm³/mol. The zero-order valence-corrected chi connectivity index (χ0v) is 30.8. The molecule has 6 rings (SSSR count). The van der Waals surface area contributed by atoms with Crippen molar-refractivity contribution >= 4 is 29.8 Å². The van der Waals surface area contributed by atoms with Crippen LogP contribution in [-0.2, 0) is 45.7 Å². The summed E-state index contributed by atoms with van der Waals surface area (Å²) in [5, 5.41) is 4.29. The summed E-state index contributed by atoms with van der Waals surface area (Å²) in [5.74, 6) is -0.922. The summed E-state index contributed by atoms with van der Waals surface area (Å²) < 4.78 is 18.5. The van der Waals surface area contributed by atoms with E-state index in [1.807, 2.05) is 67.8 Å². The van der Waals surface area contributed by atoms with Crippen LogP contribution < -0.4 is 9.64 Å². The smallest absolute Gasteiger partial charge is 0.416 e. The number of carbonyl (C=O) groups excluding carboxylic acids is 4. The number of esters is 1. The Balaban J connectivity index is 1.24. The number of ether oxygens (including phenoxy) is 3. The molecule has 0 radical (unpaired) electrons. The minimum atomic E-state index is -1.13. The SMILES string of the molecule is COc1ccc(CN(C(=O)OC(C)(C)C)c2cc(C[C@H]3C(=O)N(C(=O)N4CCCC(c5cnn(C)c5)C4)[C@@H]3C(=O)OCc3ccccc3)ccn2)cc1. The maximum atomic E-state index is 14.0.